The van der Waals surface area contributed by atoms with Gasteiger partial charge in [0.1, 0.15) is 11.5 Å². The number of imidazole rings is 1. The molecule has 0 atom stereocenters. The van der Waals surface area contributed by atoms with Gasteiger partial charge in [-0.1, -0.05) is 11.8 Å². The summed E-state index contributed by atoms with van der Waals surface area (Å²) in [6, 6.07) is 5.28. The van der Waals surface area contributed by atoms with E-state index in [0.717, 1.165) is 5.16 Å². The maximum Gasteiger partial charge on any atom is 0.225 e. The van der Waals surface area contributed by atoms with Gasteiger partial charge in [0.2, 0.25) is 5.91 Å². The number of carbonyl (C=O) groups excluding carboxylic acids is 1. The van der Waals surface area contributed by atoms with Crippen molar-refractivity contribution < 1.29 is 14.3 Å². The third-order valence-corrected chi connectivity index (χ3v) is 4.08. The summed E-state index contributed by atoms with van der Waals surface area (Å²) in [5.41, 5.74) is 0.605. The van der Waals surface area contributed by atoms with Crippen molar-refractivity contribution in [3.63, 3.8) is 0 Å². The molecule has 0 bridgehead atoms. The van der Waals surface area contributed by atoms with E-state index in [1.165, 1.54) is 0 Å². The second-order valence-electron chi connectivity index (χ2n) is 4.53. The van der Waals surface area contributed by atoms with Gasteiger partial charge in [-0.3, -0.25) is 4.79 Å². The summed E-state index contributed by atoms with van der Waals surface area (Å²) in [4.78, 5) is 16.2. The largest absolute Gasteiger partial charge is 0.497 e. The Morgan fingerprint density at radius 3 is 2.82 bits per heavy atom. The quantitative estimate of drug-likeness (QED) is 0.794. The number of rotatable bonds is 7. The number of amides is 1. The number of benzene rings is 1. The molecule has 1 N–H and O–H groups in total. The van der Waals surface area contributed by atoms with Crippen LogP contribution in [0.4, 0.5) is 5.69 Å². The van der Waals surface area contributed by atoms with Crippen molar-refractivity contribution in [2.45, 2.75) is 11.6 Å². The van der Waals surface area contributed by atoms with Crippen molar-refractivity contribution in [1.29, 1.82) is 0 Å². The van der Waals surface area contributed by atoms with Crippen LogP contribution in [0.1, 0.15) is 6.42 Å². The number of thioether (sulfide) groups is 1. The van der Waals surface area contributed by atoms with Crippen LogP contribution in [0, 0.1) is 0 Å². The number of methoxy groups -OCH3 is 2. The molecule has 2 aromatic rings. The first kappa shape index (κ1) is 16.2. The zero-order chi connectivity index (χ0) is 15.9. The van der Waals surface area contributed by atoms with E-state index in [4.69, 9.17) is 9.47 Å². The molecule has 0 saturated carbocycles. The first-order chi connectivity index (χ1) is 10.6. The van der Waals surface area contributed by atoms with Gasteiger partial charge in [0.15, 0.2) is 5.16 Å². The van der Waals surface area contributed by atoms with Gasteiger partial charge in [-0.15, -0.1) is 0 Å². The maximum atomic E-state index is 12.0. The average Bonchev–Trinajstić information content (AvgIpc) is 2.92. The van der Waals surface area contributed by atoms with Crippen LogP contribution in [0.25, 0.3) is 0 Å². The molecule has 0 unspecified atom stereocenters. The van der Waals surface area contributed by atoms with Gasteiger partial charge in [-0.2, -0.15) is 0 Å². The zero-order valence-electron chi connectivity index (χ0n) is 12.8. The summed E-state index contributed by atoms with van der Waals surface area (Å²) in [6.07, 6.45) is 4.00. The molecule has 1 heterocycles. The third-order valence-electron chi connectivity index (χ3n) is 3.02. The minimum Gasteiger partial charge on any atom is -0.497 e. The molecule has 0 spiro atoms. The van der Waals surface area contributed by atoms with Crippen LogP contribution in [0.5, 0.6) is 11.5 Å². The molecule has 118 valence electrons. The lowest BCUT2D eigenvalue weighted by Gasteiger charge is -2.11. The van der Waals surface area contributed by atoms with Gasteiger partial charge in [0.05, 0.1) is 19.9 Å². The lowest BCUT2D eigenvalue weighted by Crippen LogP contribution is -2.13. The standard InChI is InChI=1S/C15H19N3O3S/c1-18-8-7-16-15(18)22-9-6-14(19)17-12-10-11(20-2)4-5-13(12)21-3/h4-5,7-8,10H,6,9H2,1-3H3,(H,17,19). The molecule has 1 aromatic carbocycles. The number of hydrogen-bond donors (Lipinski definition) is 1. The maximum absolute atomic E-state index is 12.0. The Hall–Kier alpha value is -2.15. The molecule has 0 aliphatic heterocycles. The summed E-state index contributed by atoms with van der Waals surface area (Å²) >= 11 is 1.55. The van der Waals surface area contributed by atoms with E-state index in [1.54, 1.807) is 50.4 Å². The van der Waals surface area contributed by atoms with E-state index in [9.17, 15) is 4.79 Å². The predicted octanol–water partition coefficient (Wildman–Crippen LogP) is 2.56. The smallest absolute Gasteiger partial charge is 0.225 e. The summed E-state index contributed by atoms with van der Waals surface area (Å²) in [5, 5.41) is 3.74. The molecule has 2 rings (SSSR count). The number of aryl methyl sites for hydroxylation is 1. The molecular formula is C15H19N3O3S. The number of anilines is 1. The molecule has 0 radical (unpaired) electrons. The molecule has 0 aliphatic rings. The van der Waals surface area contributed by atoms with Crippen LogP contribution in [0.3, 0.4) is 0 Å². The fraction of sp³-hybridized carbons (Fsp3) is 0.333. The molecule has 0 saturated heterocycles. The average molecular weight is 321 g/mol. The lowest BCUT2D eigenvalue weighted by atomic mass is 10.2. The Morgan fingerprint density at radius 1 is 1.36 bits per heavy atom. The summed E-state index contributed by atoms with van der Waals surface area (Å²) in [7, 11) is 5.07. The molecule has 7 heteroatoms. The highest BCUT2D eigenvalue weighted by atomic mass is 32.2. The van der Waals surface area contributed by atoms with Crippen molar-refractivity contribution >= 4 is 23.4 Å². The lowest BCUT2D eigenvalue weighted by molar-refractivity contribution is -0.115. The van der Waals surface area contributed by atoms with E-state index >= 15 is 0 Å². The van der Waals surface area contributed by atoms with Gasteiger partial charge < -0.3 is 19.4 Å². The topological polar surface area (TPSA) is 65.4 Å². The van der Waals surface area contributed by atoms with Crippen molar-refractivity contribution in [2.75, 3.05) is 25.3 Å². The number of hydrogen-bond acceptors (Lipinski definition) is 5. The third kappa shape index (κ3) is 4.17. The molecule has 0 fully saturated rings. The fourth-order valence-electron chi connectivity index (χ4n) is 1.85. The number of carbonyl (C=O) groups is 1. The van der Waals surface area contributed by atoms with Gasteiger partial charge >= 0.3 is 0 Å². The minimum atomic E-state index is -0.0757. The van der Waals surface area contributed by atoms with Crippen molar-refractivity contribution in [2.24, 2.45) is 7.05 Å². The Balaban J connectivity index is 1.90. The molecule has 22 heavy (non-hydrogen) atoms. The van der Waals surface area contributed by atoms with Crippen molar-refractivity contribution in [3.8, 4) is 11.5 Å². The number of ether oxygens (including phenoxy) is 2. The van der Waals surface area contributed by atoms with Crippen LogP contribution >= 0.6 is 11.8 Å². The van der Waals surface area contributed by atoms with Gasteiger partial charge in [-0.05, 0) is 12.1 Å². The first-order valence-corrected chi connectivity index (χ1v) is 7.74. The number of nitrogens with zero attached hydrogens (tertiary/aromatic N) is 2. The SMILES string of the molecule is COc1ccc(OC)c(NC(=O)CCSc2nccn2C)c1. The van der Waals surface area contributed by atoms with Crippen LogP contribution < -0.4 is 14.8 Å². The predicted molar refractivity (Wildman–Crippen MR) is 86.7 cm³/mol. The monoisotopic (exact) mass is 321 g/mol. The Kier molecular flexibility index (Phi) is 5.71. The van der Waals surface area contributed by atoms with E-state index in [0.29, 0.717) is 29.4 Å². The van der Waals surface area contributed by atoms with E-state index in [1.807, 2.05) is 17.8 Å². The number of nitrogens with one attached hydrogen (secondary N) is 1. The second kappa shape index (κ2) is 7.74. The van der Waals surface area contributed by atoms with Crippen LogP contribution in [-0.2, 0) is 11.8 Å². The normalized spacial score (nSPS) is 10.3. The summed E-state index contributed by atoms with van der Waals surface area (Å²) < 4.78 is 12.3. The Morgan fingerprint density at radius 2 is 2.18 bits per heavy atom. The van der Waals surface area contributed by atoms with Crippen LogP contribution in [0.15, 0.2) is 35.7 Å². The van der Waals surface area contributed by atoms with Crippen molar-refractivity contribution in [1.82, 2.24) is 9.55 Å². The minimum absolute atomic E-state index is 0.0757. The van der Waals surface area contributed by atoms with Crippen LogP contribution in [-0.4, -0.2) is 35.4 Å². The van der Waals surface area contributed by atoms with Crippen LogP contribution in [0.2, 0.25) is 0 Å². The number of aromatic nitrogens is 2. The highest BCUT2D eigenvalue weighted by Crippen LogP contribution is 2.29. The molecular weight excluding hydrogens is 302 g/mol. The zero-order valence-corrected chi connectivity index (χ0v) is 13.6. The van der Waals surface area contributed by atoms with E-state index in [2.05, 4.69) is 10.3 Å². The highest BCUT2D eigenvalue weighted by molar-refractivity contribution is 7.99. The van der Waals surface area contributed by atoms with Gasteiger partial charge in [-0.25, -0.2) is 4.98 Å². The van der Waals surface area contributed by atoms with E-state index < -0.39 is 0 Å². The fourth-order valence-corrected chi connectivity index (χ4v) is 2.72. The van der Waals surface area contributed by atoms with E-state index in [-0.39, 0.29) is 5.91 Å². The Labute approximate surface area is 133 Å². The molecule has 0 aliphatic carbocycles. The van der Waals surface area contributed by atoms with Gasteiger partial charge in [0.25, 0.3) is 0 Å². The van der Waals surface area contributed by atoms with Gasteiger partial charge in [0, 0.05) is 37.7 Å². The highest BCUT2D eigenvalue weighted by Gasteiger charge is 2.10. The van der Waals surface area contributed by atoms with Crippen molar-refractivity contribution in [3.05, 3.63) is 30.6 Å². The summed E-state index contributed by atoms with van der Waals surface area (Å²) in [5.74, 6) is 1.85. The molecule has 1 amide bonds. The second-order valence-corrected chi connectivity index (χ2v) is 5.60. The molecule has 6 nitrogen and oxygen atoms in total. The Bertz CT molecular complexity index is 643. The first-order valence-electron chi connectivity index (χ1n) is 6.76. The molecule has 1 aromatic heterocycles. The summed E-state index contributed by atoms with van der Waals surface area (Å²) in [6.45, 7) is 0.